The summed E-state index contributed by atoms with van der Waals surface area (Å²) in [6.45, 7) is 0. The minimum atomic E-state index is -0.457. The predicted octanol–water partition coefficient (Wildman–Crippen LogP) is 2.90. The fraction of sp³-hybridized carbons (Fsp3) is 0. The highest BCUT2D eigenvalue weighted by molar-refractivity contribution is 5.75. The lowest BCUT2D eigenvalue weighted by atomic mass is 10.2. The van der Waals surface area contributed by atoms with Gasteiger partial charge in [0, 0.05) is 6.07 Å². The minimum absolute atomic E-state index is 0.339. The summed E-state index contributed by atoms with van der Waals surface area (Å²) in [7, 11) is 0. The molecule has 0 bridgehead atoms. The molecule has 0 aliphatic rings. The molecule has 2 aromatic heterocycles. The number of hydrogen-bond donors (Lipinski definition) is 1. The number of imidazole rings is 1. The molecule has 0 aliphatic heterocycles. The van der Waals surface area contributed by atoms with Crippen molar-refractivity contribution in [2.24, 2.45) is 0 Å². The van der Waals surface area contributed by atoms with Crippen LogP contribution in [-0.4, -0.2) is 15.0 Å². The molecular formula is C12H7F2N3. The maximum atomic E-state index is 13.5. The predicted molar refractivity (Wildman–Crippen MR) is 59.2 cm³/mol. The topological polar surface area (TPSA) is 41.6 Å². The molecule has 84 valence electrons. The molecule has 1 N–H and O–H groups in total. The summed E-state index contributed by atoms with van der Waals surface area (Å²) in [5, 5.41) is 0. The lowest BCUT2D eigenvalue weighted by Gasteiger charge is -1.96. The van der Waals surface area contributed by atoms with Gasteiger partial charge < -0.3 is 4.98 Å². The summed E-state index contributed by atoms with van der Waals surface area (Å²) in [6.07, 6.45) is 1.08. The van der Waals surface area contributed by atoms with Gasteiger partial charge in [0.05, 0.1) is 17.3 Å². The number of hydrogen-bond acceptors (Lipinski definition) is 2. The van der Waals surface area contributed by atoms with Gasteiger partial charge in [-0.1, -0.05) is 12.1 Å². The van der Waals surface area contributed by atoms with Gasteiger partial charge in [-0.15, -0.1) is 0 Å². The first-order valence-electron chi connectivity index (χ1n) is 5.00. The number of nitrogens with one attached hydrogen (secondary N) is 1. The van der Waals surface area contributed by atoms with E-state index in [1.54, 1.807) is 18.2 Å². The van der Waals surface area contributed by atoms with Gasteiger partial charge in [-0.25, -0.2) is 18.7 Å². The molecule has 3 aromatic rings. The Kier molecular flexibility index (Phi) is 2.11. The SMILES string of the molecule is Fc1cnc2nc(-c3ccccc3F)[nH]c2c1. The average Bonchev–Trinajstić information content (AvgIpc) is 2.72. The third-order valence-electron chi connectivity index (χ3n) is 2.43. The van der Waals surface area contributed by atoms with Crippen LogP contribution in [0.5, 0.6) is 0 Å². The van der Waals surface area contributed by atoms with Gasteiger partial charge in [0.15, 0.2) is 5.65 Å². The maximum absolute atomic E-state index is 13.5. The number of fused-ring (bicyclic) bond motifs is 1. The Hall–Kier alpha value is -2.30. The smallest absolute Gasteiger partial charge is 0.178 e. The quantitative estimate of drug-likeness (QED) is 0.699. The Morgan fingerprint density at radius 1 is 1.12 bits per heavy atom. The van der Waals surface area contributed by atoms with Crippen LogP contribution in [-0.2, 0) is 0 Å². The number of aromatic amines is 1. The van der Waals surface area contributed by atoms with E-state index in [1.807, 2.05) is 0 Å². The third kappa shape index (κ3) is 1.65. The second kappa shape index (κ2) is 3.62. The third-order valence-corrected chi connectivity index (χ3v) is 2.43. The van der Waals surface area contributed by atoms with Crippen molar-refractivity contribution in [1.82, 2.24) is 15.0 Å². The molecule has 0 radical (unpaired) electrons. The molecule has 3 nitrogen and oxygen atoms in total. The van der Waals surface area contributed by atoms with Crippen molar-refractivity contribution in [2.45, 2.75) is 0 Å². The molecule has 0 saturated carbocycles. The van der Waals surface area contributed by atoms with Crippen molar-refractivity contribution in [3.63, 3.8) is 0 Å². The van der Waals surface area contributed by atoms with Gasteiger partial charge in [0.2, 0.25) is 0 Å². The zero-order chi connectivity index (χ0) is 11.8. The fourth-order valence-electron chi connectivity index (χ4n) is 1.66. The van der Waals surface area contributed by atoms with Crippen molar-refractivity contribution < 1.29 is 8.78 Å². The zero-order valence-electron chi connectivity index (χ0n) is 8.61. The molecule has 0 saturated heterocycles. The Balaban J connectivity index is 2.22. The lowest BCUT2D eigenvalue weighted by Crippen LogP contribution is -1.84. The number of nitrogens with zero attached hydrogens (tertiary/aromatic N) is 2. The van der Waals surface area contributed by atoms with Crippen LogP contribution in [0.2, 0.25) is 0 Å². The van der Waals surface area contributed by atoms with Crippen LogP contribution in [0.3, 0.4) is 0 Å². The van der Waals surface area contributed by atoms with Gasteiger partial charge in [-0.05, 0) is 12.1 Å². The molecule has 0 unspecified atom stereocenters. The second-order valence-electron chi connectivity index (χ2n) is 3.59. The van der Waals surface area contributed by atoms with Crippen molar-refractivity contribution in [2.75, 3.05) is 0 Å². The Morgan fingerprint density at radius 3 is 2.76 bits per heavy atom. The maximum Gasteiger partial charge on any atom is 0.178 e. The van der Waals surface area contributed by atoms with Crippen LogP contribution in [0.15, 0.2) is 36.5 Å². The summed E-state index contributed by atoms with van der Waals surface area (Å²) in [5.41, 5.74) is 1.15. The zero-order valence-corrected chi connectivity index (χ0v) is 8.61. The van der Waals surface area contributed by atoms with Crippen LogP contribution in [0.25, 0.3) is 22.6 Å². The van der Waals surface area contributed by atoms with Crippen LogP contribution >= 0.6 is 0 Å². The lowest BCUT2D eigenvalue weighted by molar-refractivity contribution is 0.624. The molecule has 3 rings (SSSR count). The highest BCUT2D eigenvalue weighted by Gasteiger charge is 2.10. The Morgan fingerprint density at radius 2 is 1.94 bits per heavy atom. The number of H-pyrrole nitrogens is 1. The molecule has 0 aliphatic carbocycles. The highest BCUT2D eigenvalue weighted by Crippen LogP contribution is 2.22. The monoisotopic (exact) mass is 231 g/mol. The molecule has 0 atom stereocenters. The largest absolute Gasteiger partial charge is 0.336 e. The molecular weight excluding hydrogens is 224 g/mol. The van der Waals surface area contributed by atoms with Gasteiger partial charge in [-0.2, -0.15) is 0 Å². The first-order valence-corrected chi connectivity index (χ1v) is 5.00. The molecule has 0 spiro atoms. The molecule has 2 heterocycles. The first-order chi connectivity index (χ1) is 8.24. The van der Waals surface area contributed by atoms with Crippen molar-refractivity contribution >= 4 is 11.2 Å². The molecule has 0 amide bonds. The molecule has 17 heavy (non-hydrogen) atoms. The Labute approximate surface area is 95.1 Å². The number of halogens is 2. The first kappa shape index (κ1) is 9.89. The van der Waals surface area contributed by atoms with E-state index >= 15 is 0 Å². The van der Waals surface area contributed by atoms with Crippen molar-refractivity contribution in [1.29, 1.82) is 0 Å². The van der Waals surface area contributed by atoms with E-state index in [2.05, 4.69) is 15.0 Å². The average molecular weight is 231 g/mol. The van der Waals surface area contributed by atoms with Crippen LogP contribution in [0, 0.1) is 11.6 Å². The normalized spacial score (nSPS) is 10.9. The van der Waals surface area contributed by atoms with E-state index in [1.165, 1.54) is 12.1 Å². The van der Waals surface area contributed by atoms with Gasteiger partial charge in [0.1, 0.15) is 17.5 Å². The summed E-state index contributed by atoms with van der Waals surface area (Å²) < 4.78 is 26.5. The van der Waals surface area contributed by atoms with E-state index in [0.29, 0.717) is 22.6 Å². The number of rotatable bonds is 1. The van der Waals surface area contributed by atoms with Gasteiger partial charge >= 0.3 is 0 Å². The standard InChI is InChI=1S/C12H7F2N3/c13-7-5-10-12(15-6-7)17-11(16-10)8-3-1-2-4-9(8)14/h1-6H,(H,15,16,17). The van der Waals surface area contributed by atoms with E-state index in [-0.39, 0.29) is 5.82 Å². The van der Waals surface area contributed by atoms with E-state index in [4.69, 9.17) is 0 Å². The van der Waals surface area contributed by atoms with Crippen molar-refractivity contribution in [3.8, 4) is 11.4 Å². The number of pyridine rings is 1. The van der Waals surface area contributed by atoms with E-state index in [0.717, 1.165) is 6.20 Å². The molecule has 1 aromatic carbocycles. The number of benzene rings is 1. The van der Waals surface area contributed by atoms with Gasteiger partial charge in [-0.3, -0.25) is 0 Å². The van der Waals surface area contributed by atoms with Crippen molar-refractivity contribution in [3.05, 3.63) is 48.2 Å². The van der Waals surface area contributed by atoms with Crippen LogP contribution in [0.4, 0.5) is 8.78 Å². The minimum Gasteiger partial charge on any atom is -0.336 e. The Bertz CT molecular complexity index is 691. The van der Waals surface area contributed by atoms with Crippen LogP contribution in [0.1, 0.15) is 0 Å². The second-order valence-corrected chi connectivity index (χ2v) is 3.59. The summed E-state index contributed by atoms with van der Waals surface area (Å²) in [5.74, 6) is -0.496. The fourth-order valence-corrected chi connectivity index (χ4v) is 1.66. The van der Waals surface area contributed by atoms with E-state index < -0.39 is 5.82 Å². The highest BCUT2D eigenvalue weighted by atomic mass is 19.1. The summed E-state index contributed by atoms with van der Waals surface area (Å²) >= 11 is 0. The summed E-state index contributed by atoms with van der Waals surface area (Å²) in [4.78, 5) is 10.8. The van der Waals surface area contributed by atoms with Crippen LogP contribution < -0.4 is 0 Å². The summed E-state index contributed by atoms with van der Waals surface area (Å²) in [6, 6.07) is 7.53. The molecule has 5 heteroatoms. The van der Waals surface area contributed by atoms with E-state index in [9.17, 15) is 8.78 Å². The van der Waals surface area contributed by atoms with Gasteiger partial charge in [0.25, 0.3) is 0 Å². The molecule has 0 fully saturated rings. The number of aromatic nitrogens is 3.